The number of benzene rings is 3. The van der Waals surface area contributed by atoms with Crippen molar-refractivity contribution in [1.82, 2.24) is 0 Å². The fraction of sp³-hybridized carbons (Fsp3) is 0.160. The summed E-state index contributed by atoms with van der Waals surface area (Å²) in [6.07, 6.45) is 3.15. The van der Waals surface area contributed by atoms with Crippen molar-refractivity contribution in [2.45, 2.75) is 20.5 Å². The lowest BCUT2D eigenvalue weighted by atomic mass is 10.1. The van der Waals surface area contributed by atoms with E-state index in [0.29, 0.717) is 21.5 Å². The minimum absolute atomic E-state index is 0.0646. The fourth-order valence-corrected chi connectivity index (χ4v) is 3.53. The lowest BCUT2D eigenvalue weighted by Crippen LogP contribution is -2.09. The largest absolute Gasteiger partial charge is 0.493 e. The van der Waals surface area contributed by atoms with E-state index in [0.717, 1.165) is 22.4 Å². The molecule has 0 aliphatic heterocycles. The monoisotopic (exact) mass is 483 g/mol. The van der Waals surface area contributed by atoms with Gasteiger partial charge in [0.2, 0.25) is 5.91 Å². The minimum Gasteiger partial charge on any atom is -0.493 e. The SMILES string of the molecule is COc1cc(/C=C/C(=O)Nc2cc(C)ccc2C)cc(Br)c1OCc1ccccc1F. The molecular formula is C25H23BrFNO3. The van der Waals surface area contributed by atoms with Crippen molar-refractivity contribution in [1.29, 1.82) is 0 Å². The second-order valence-corrected chi connectivity index (χ2v) is 7.91. The second-order valence-electron chi connectivity index (χ2n) is 7.06. The highest BCUT2D eigenvalue weighted by atomic mass is 79.9. The first-order valence-corrected chi connectivity index (χ1v) is 10.5. The summed E-state index contributed by atoms with van der Waals surface area (Å²) in [6, 6.07) is 15.9. The van der Waals surface area contributed by atoms with Gasteiger partial charge in [0, 0.05) is 17.3 Å². The third-order valence-corrected chi connectivity index (χ3v) is 5.25. The number of rotatable bonds is 7. The van der Waals surface area contributed by atoms with E-state index in [-0.39, 0.29) is 18.3 Å². The van der Waals surface area contributed by atoms with Crippen molar-refractivity contribution in [3.8, 4) is 11.5 Å². The Bertz CT molecular complexity index is 1130. The normalized spacial score (nSPS) is 10.9. The summed E-state index contributed by atoms with van der Waals surface area (Å²) in [6.45, 7) is 3.99. The van der Waals surface area contributed by atoms with Gasteiger partial charge < -0.3 is 14.8 Å². The molecule has 0 saturated carbocycles. The Morgan fingerprint density at radius 3 is 2.65 bits per heavy atom. The van der Waals surface area contributed by atoms with Crippen LogP contribution in [0.25, 0.3) is 6.08 Å². The highest BCUT2D eigenvalue weighted by molar-refractivity contribution is 9.10. The minimum atomic E-state index is -0.327. The van der Waals surface area contributed by atoms with Crippen LogP contribution in [0.1, 0.15) is 22.3 Å². The van der Waals surface area contributed by atoms with Gasteiger partial charge in [0.1, 0.15) is 12.4 Å². The Hall–Kier alpha value is -3.12. The Kier molecular flexibility index (Phi) is 7.47. The third kappa shape index (κ3) is 5.95. The van der Waals surface area contributed by atoms with Gasteiger partial charge in [-0.15, -0.1) is 0 Å². The molecule has 3 aromatic carbocycles. The van der Waals surface area contributed by atoms with Crippen molar-refractivity contribution >= 4 is 33.6 Å². The predicted octanol–water partition coefficient (Wildman–Crippen LogP) is 6.44. The molecule has 0 saturated heterocycles. The molecular weight excluding hydrogens is 461 g/mol. The molecule has 0 aromatic heterocycles. The molecule has 160 valence electrons. The maximum Gasteiger partial charge on any atom is 0.248 e. The number of carbonyl (C=O) groups excluding carboxylic acids is 1. The molecule has 0 bridgehead atoms. The molecule has 0 heterocycles. The summed E-state index contributed by atoms with van der Waals surface area (Å²) in [4.78, 5) is 12.3. The van der Waals surface area contributed by atoms with Gasteiger partial charge in [-0.25, -0.2) is 4.39 Å². The van der Waals surface area contributed by atoms with E-state index in [1.165, 1.54) is 19.3 Å². The van der Waals surface area contributed by atoms with Crippen LogP contribution in [-0.4, -0.2) is 13.0 Å². The Morgan fingerprint density at radius 1 is 1.13 bits per heavy atom. The molecule has 31 heavy (non-hydrogen) atoms. The Balaban J connectivity index is 1.73. The average Bonchev–Trinajstić information content (AvgIpc) is 2.74. The van der Waals surface area contributed by atoms with E-state index in [9.17, 15) is 9.18 Å². The van der Waals surface area contributed by atoms with E-state index in [4.69, 9.17) is 9.47 Å². The van der Waals surface area contributed by atoms with Gasteiger partial charge in [0.05, 0.1) is 11.6 Å². The number of carbonyl (C=O) groups is 1. The molecule has 0 spiro atoms. The van der Waals surface area contributed by atoms with E-state index in [1.807, 2.05) is 32.0 Å². The maximum atomic E-state index is 13.8. The smallest absolute Gasteiger partial charge is 0.248 e. The summed E-state index contributed by atoms with van der Waals surface area (Å²) in [5, 5.41) is 2.89. The van der Waals surface area contributed by atoms with Gasteiger partial charge in [-0.2, -0.15) is 0 Å². The number of hydrogen-bond donors (Lipinski definition) is 1. The lowest BCUT2D eigenvalue weighted by molar-refractivity contribution is -0.111. The van der Waals surface area contributed by atoms with Crippen LogP contribution in [0.5, 0.6) is 11.5 Å². The lowest BCUT2D eigenvalue weighted by Gasteiger charge is -2.14. The number of ether oxygens (including phenoxy) is 2. The highest BCUT2D eigenvalue weighted by Gasteiger charge is 2.12. The molecule has 6 heteroatoms. The molecule has 0 unspecified atom stereocenters. The number of hydrogen-bond acceptors (Lipinski definition) is 3. The summed E-state index contributed by atoms with van der Waals surface area (Å²) >= 11 is 3.48. The van der Waals surface area contributed by atoms with Crippen molar-refractivity contribution in [3.63, 3.8) is 0 Å². The summed E-state index contributed by atoms with van der Waals surface area (Å²) in [5.41, 5.74) is 4.05. The molecule has 0 atom stereocenters. The average molecular weight is 484 g/mol. The van der Waals surface area contributed by atoms with Gasteiger partial charge >= 0.3 is 0 Å². The van der Waals surface area contributed by atoms with Gasteiger partial charge in [-0.05, 0) is 76.8 Å². The van der Waals surface area contributed by atoms with Crippen LogP contribution in [0.3, 0.4) is 0 Å². The zero-order valence-corrected chi connectivity index (χ0v) is 19.1. The maximum absolute atomic E-state index is 13.8. The molecule has 0 fully saturated rings. The summed E-state index contributed by atoms with van der Waals surface area (Å²) in [5.74, 6) is 0.374. The van der Waals surface area contributed by atoms with Crippen molar-refractivity contribution in [2.75, 3.05) is 12.4 Å². The topological polar surface area (TPSA) is 47.6 Å². The first kappa shape index (κ1) is 22.6. The molecule has 4 nitrogen and oxygen atoms in total. The third-order valence-electron chi connectivity index (χ3n) is 4.66. The predicted molar refractivity (Wildman–Crippen MR) is 125 cm³/mol. The highest BCUT2D eigenvalue weighted by Crippen LogP contribution is 2.37. The number of anilines is 1. The van der Waals surface area contributed by atoms with Crippen molar-refractivity contribution in [2.24, 2.45) is 0 Å². The van der Waals surface area contributed by atoms with Crippen molar-refractivity contribution in [3.05, 3.63) is 93.2 Å². The van der Waals surface area contributed by atoms with Crippen LogP contribution in [0.2, 0.25) is 0 Å². The molecule has 0 aliphatic carbocycles. The van der Waals surface area contributed by atoms with Gasteiger partial charge in [0.15, 0.2) is 11.5 Å². The first-order valence-electron chi connectivity index (χ1n) is 9.67. The number of aryl methyl sites for hydroxylation is 2. The molecule has 1 amide bonds. The Labute approximate surface area is 189 Å². The van der Waals surface area contributed by atoms with E-state index < -0.39 is 0 Å². The zero-order valence-electron chi connectivity index (χ0n) is 17.5. The molecule has 3 rings (SSSR count). The van der Waals surface area contributed by atoms with E-state index in [1.54, 1.807) is 36.4 Å². The van der Waals surface area contributed by atoms with Gasteiger partial charge in [-0.1, -0.05) is 30.3 Å². The van der Waals surface area contributed by atoms with Crippen LogP contribution in [0, 0.1) is 19.7 Å². The number of amides is 1. The number of halogens is 2. The molecule has 1 N–H and O–H groups in total. The van der Waals surface area contributed by atoms with Crippen LogP contribution in [0.4, 0.5) is 10.1 Å². The quantitative estimate of drug-likeness (QED) is 0.393. The van der Waals surface area contributed by atoms with Crippen LogP contribution in [-0.2, 0) is 11.4 Å². The number of methoxy groups -OCH3 is 1. The summed E-state index contributed by atoms with van der Waals surface area (Å²) < 4.78 is 25.7. The van der Waals surface area contributed by atoms with Gasteiger partial charge in [-0.3, -0.25) is 4.79 Å². The van der Waals surface area contributed by atoms with E-state index in [2.05, 4.69) is 21.2 Å². The van der Waals surface area contributed by atoms with Gasteiger partial charge in [0.25, 0.3) is 0 Å². The standard InChI is InChI=1S/C25H23BrFNO3/c1-16-8-9-17(2)22(12-16)28-24(29)11-10-18-13-20(26)25(23(14-18)30-3)31-15-19-6-4-5-7-21(19)27/h4-14H,15H2,1-3H3,(H,28,29)/b11-10+. The van der Waals surface area contributed by atoms with Crippen LogP contribution in [0.15, 0.2) is 65.1 Å². The van der Waals surface area contributed by atoms with Crippen LogP contribution >= 0.6 is 15.9 Å². The first-order chi connectivity index (χ1) is 14.9. The number of nitrogens with one attached hydrogen (secondary N) is 1. The van der Waals surface area contributed by atoms with Crippen LogP contribution < -0.4 is 14.8 Å². The van der Waals surface area contributed by atoms with E-state index >= 15 is 0 Å². The fourth-order valence-electron chi connectivity index (χ4n) is 2.96. The summed E-state index contributed by atoms with van der Waals surface area (Å²) in [7, 11) is 1.53. The molecule has 0 aliphatic rings. The van der Waals surface area contributed by atoms with Crippen molar-refractivity contribution < 1.29 is 18.7 Å². The second kappa shape index (κ2) is 10.3. The zero-order chi connectivity index (χ0) is 22.4. The Morgan fingerprint density at radius 2 is 1.90 bits per heavy atom. The molecule has 3 aromatic rings. The molecule has 0 radical (unpaired) electrons.